The predicted molar refractivity (Wildman–Crippen MR) is 161 cm³/mol. The SMILES string of the molecule is C=c1c2cccc3c(Br)ccc(c(=O)n1-c1cc(-c4ccc(C#N)cc4)cc(-c4ccc(C#N)cc4)c1C)c32. The van der Waals surface area contributed by atoms with Crippen LogP contribution in [0.3, 0.4) is 0 Å². The number of rotatable bonds is 3. The molecule has 0 spiro atoms. The minimum absolute atomic E-state index is 0.137. The van der Waals surface area contributed by atoms with Crippen LogP contribution < -0.4 is 10.9 Å². The molecular weight excluding hydrogens is 546 g/mol. The fourth-order valence-electron chi connectivity index (χ4n) is 5.27. The van der Waals surface area contributed by atoms with Gasteiger partial charge in [0.1, 0.15) is 0 Å². The number of hydrogen-bond acceptors (Lipinski definition) is 3. The first-order valence-electron chi connectivity index (χ1n) is 12.3. The van der Waals surface area contributed by atoms with Gasteiger partial charge in [0.15, 0.2) is 0 Å². The van der Waals surface area contributed by atoms with E-state index in [-0.39, 0.29) is 5.56 Å². The molecule has 184 valence electrons. The van der Waals surface area contributed by atoms with Crippen LogP contribution >= 0.6 is 15.9 Å². The molecule has 0 amide bonds. The van der Waals surface area contributed by atoms with Crippen molar-refractivity contribution in [1.29, 1.82) is 10.5 Å². The first kappa shape index (κ1) is 24.4. The molecule has 1 heterocycles. The summed E-state index contributed by atoms with van der Waals surface area (Å²) < 4.78 is 2.64. The summed E-state index contributed by atoms with van der Waals surface area (Å²) in [7, 11) is 0. The van der Waals surface area contributed by atoms with E-state index in [0.717, 1.165) is 54.1 Å². The van der Waals surface area contributed by atoms with E-state index in [9.17, 15) is 15.3 Å². The molecule has 0 fully saturated rings. The van der Waals surface area contributed by atoms with E-state index >= 15 is 0 Å². The zero-order valence-corrected chi connectivity index (χ0v) is 22.6. The molecule has 0 saturated carbocycles. The summed E-state index contributed by atoms with van der Waals surface area (Å²) in [4.78, 5) is 14.1. The molecule has 0 N–H and O–H groups in total. The van der Waals surface area contributed by atoms with Gasteiger partial charge < -0.3 is 0 Å². The lowest BCUT2D eigenvalue weighted by molar-refractivity contribution is 0.969. The second-order valence-corrected chi connectivity index (χ2v) is 10.3. The van der Waals surface area contributed by atoms with Gasteiger partial charge >= 0.3 is 0 Å². The average Bonchev–Trinajstić information content (AvgIpc) is 2.97. The number of benzene rings is 5. The molecule has 39 heavy (non-hydrogen) atoms. The predicted octanol–water partition coefficient (Wildman–Crippen LogP) is 7.42. The van der Waals surface area contributed by atoms with Gasteiger partial charge in [-0.3, -0.25) is 9.36 Å². The van der Waals surface area contributed by atoms with Crippen molar-refractivity contribution < 1.29 is 0 Å². The second-order valence-electron chi connectivity index (χ2n) is 9.46. The minimum Gasteiger partial charge on any atom is -0.277 e. The molecule has 0 aliphatic rings. The summed E-state index contributed by atoms with van der Waals surface area (Å²) in [5.41, 5.74) is 6.37. The van der Waals surface area contributed by atoms with E-state index in [0.29, 0.717) is 21.9 Å². The van der Waals surface area contributed by atoms with Crippen molar-refractivity contribution in [2.75, 3.05) is 0 Å². The molecule has 0 unspecified atom stereocenters. The molecule has 1 aromatic heterocycles. The quantitative estimate of drug-likeness (QED) is 0.224. The smallest absolute Gasteiger partial charge is 0.263 e. The lowest BCUT2D eigenvalue weighted by Crippen LogP contribution is -2.32. The van der Waals surface area contributed by atoms with E-state index in [1.165, 1.54) is 0 Å². The maximum atomic E-state index is 14.1. The lowest BCUT2D eigenvalue weighted by atomic mass is 9.92. The van der Waals surface area contributed by atoms with Crippen molar-refractivity contribution >= 4 is 44.1 Å². The van der Waals surface area contributed by atoms with Crippen LogP contribution in [0.15, 0.2) is 100 Å². The molecule has 4 nitrogen and oxygen atoms in total. The number of nitriles is 2. The molecule has 5 heteroatoms. The molecule has 0 atom stereocenters. The summed E-state index contributed by atoms with van der Waals surface area (Å²) in [6, 6.07) is 33.0. The van der Waals surface area contributed by atoms with Crippen molar-refractivity contribution in [3.63, 3.8) is 0 Å². The Morgan fingerprint density at radius 2 is 1.36 bits per heavy atom. The third kappa shape index (κ3) is 3.92. The van der Waals surface area contributed by atoms with Crippen molar-refractivity contribution in [3.8, 4) is 40.1 Å². The zero-order chi connectivity index (χ0) is 27.3. The van der Waals surface area contributed by atoms with E-state index in [2.05, 4.69) is 40.7 Å². The third-order valence-corrected chi connectivity index (χ3v) is 7.99. The van der Waals surface area contributed by atoms with Gasteiger partial charge in [0, 0.05) is 26.0 Å². The molecule has 6 rings (SSSR count). The average molecular weight is 566 g/mol. The molecule has 0 saturated heterocycles. The van der Waals surface area contributed by atoms with Gasteiger partial charge in [-0.2, -0.15) is 10.5 Å². The third-order valence-electron chi connectivity index (χ3n) is 7.30. The Kier molecular flexibility index (Phi) is 5.88. The van der Waals surface area contributed by atoms with Gasteiger partial charge in [0.05, 0.1) is 29.0 Å². The van der Waals surface area contributed by atoms with Crippen LogP contribution in [0.4, 0.5) is 0 Å². The molecular formula is C34H20BrN3O. The summed E-state index contributed by atoms with van der Waals surface area (Å²) in [6.07, 6.45) is 0. The van der Waals surface area contributed by atoms with E-state index in [4.69, 9.17) is 0 Å². The van der Waals surface area contributed by atoms with Crippen LogP contribution in [-0.4, -0.2) is 4.57 Å². The summed E-state index contributed by atoms with van der Waals surface area (Å²) in [5, 5.41) is 22.6. The van der Waals surface area contributed by atoms with Crippen molar-refractivity contribution in [2.45, 2.75) is 6.92 Å². The molecule has 0 bridgehead atoms. The number of pyridine rings is 1. The van der Waals surface area contributed by atoms with Crippen molar-refractivity contribution in [1.82, 2.24) is 4.57 Å². The molecule has 0 aliphatic carbocycles. The topological polar surface area (TPSA) is 69.6 Å². The fourth-order valence-corrected chi connectivity index (χ4v) is 5.73. The highest BCUT2D eigenvalue weighted by atomic mass is 79.9. The van der Waals surface area contributed by atoms with Crippen LogP contribution in [0.5, 0.6) is 0 Å². The van der Waals surface area contributed by atoms with E-state index in [1.807, 2.05) is 67.6 Å². The van der Waals surface area contributed by atoms with E-state index in [1.54, 1.807) is 28.8 Å². The Labute approximate surface area is 233 Å². The maximum absolute atomic E-state index is 14.1. The van der Waals surface area contributed by atoms with Crippen LogP contribution in [0, 0.1) is 29.6 Å². The Bertz CT molecular complexity index is 2100. The van der Waals surface area contributed by atoms with Gasteiger partial charge in [-0.05, 0) is 88.7 Å². The number of hydrogen-bond donors (Lipinski definition) is 0. The molecule has 6 aromatic rings. The van der Waals surface area contributed by atoms with Crippen LogP contribution in [0.2, 0.25) is 0 Å². The monoisotopic (exact) mass is 565 g/mol. The van der Waals surface area contributed by atoms with Gasteiger partial charge in [0.2, 0.25) is 0 Å². The molecule has 0 aliphatic heterocycles. The summed E-state index contributed by atoms with van der Waals surface area (Å²) >= 11 is 3.63. The first-order chi connectivity index (χ1) is 18.9. The first-order valence-corrected chi connectivity index (χ1v) is 13.1. The lowest BCUT2D eigenvalue weighted by Gasteiger charge is -2.19. The highest BCUT2D eigenvalue weighted by Crippen LogP contribution is 2.35. The Morgan fingerprint density at radius 3 is 2.00 bits per heavy atom. The van der Waals surface area contributed by atoms with Crippen LogP contribution in [0.1, 0.15) is 16.7 Å². The normalized spacial score (nSPS) is 11.0. The van der Waals surface area contributed by atoms with E-state index < -0.39 is 0 Å². The Balaban J connectivity index is 1.71. The van der Waals surface area contributed by atoms with Gasteiger partial charge in [-0.15, -0.1) is 0 Å². The standard InChI is InChI=1S/C34H20BrN3O/c1-20-30(25-12-8-23(19-37)9-13-25)16-26(24-10-6-22(18-36)7-11-24)17-32(20)38-21(2)27-4-3-5-28-31(35)15-14-29(33(27)28)34(38)39/h3-17H,2H2,1H3. The number of halogens is 1. The van der Waals surface area contributed by atoms with Crippen LogP contribution in [0.25, 0.3) is 56.1 Å². The largest absolute Gasteiger partial charge is 0.277 e. The minimum atomic E-state index is -0.137. The molecule has 5 aromatic carbocycles. The summed E-state index contributed by atoms with van der Waals surface area (Å²) in [5.74, 6) is 0. The Morgan fingerprint density at radius 1 is 0.744 bits per heavy atom. The van der Waals surface area contributed by atoms with Gasteiger partial charge in [-0.1, -0.05) is 65.0 Å². The highest BCUT2D eigenvalue weighted by Gasteiger charge is 2.18. The van der Waals surface area contributed by atoms with Crippen molar-refractivity contribution in [2.24, 2.45) is 0 Å². The fraction of sp³-hybridized carbons (Fsp3) is 0.0294. The maximum Gasteiger partial charge on any atom is 0.263 e. The van der Waals surface area contributed by atoms with Crippen LogP contribution in [-0.2, 0) is 0 Å². The summed E-state index contributed by atoms with van der Waals surface area (Å²) in [6.45, 7) is 6.39. The number of nitrogens with zero attached hydrogens (tertiary/aromatic N) is 3. The van der Waals surface area contributed by atoms with Crippen molar-refractivity contribution in [3.05, 3.63) is 128 Å². The van der Waals surface area contributed by atoms with Gasteiger partial charge in [-0.25, -0.2) is 0 Å². The Hall–Kier alpha value is -4.97. The zero-order valence-electron chi connectivity index (χ0n) is 21.0. The highest BCUT2D eigenvalue weighted by molar-refractivity contribution is 9.10. The second kappa shape index (κ2) is 9.40. The molecule has 0 radical (unpaired) electrons. The number of aromatic nitrogens is 1. The van der Waals surface area contributed by atoms with Gasteiger partial charge in [0.25, 0.3) is 5.56 Å².